The number of rotatable bonds is 3. The van der Waals surface area contributed by atoms with Gasteiger partial charge in [0.05, 0.1) is 18.8 Å². The number of hydrogen-bond donors (Lipinski definition) is 0. The molecule has 0 aliphatic heterocycles. The highest BCUT2D eigenvalue weighted by Crippen LogP contribution is 2.20. The Kier molecular flexibility index (Phi) is 3.13. The second-order valence-electron chi connectivity index (χ2n) is 4.30. The minimum Gasteiger partial charge on any atom is -0.497 e. The number of aromatic nitrogens is 2. The lowest BCUT2D eigenvalue weighted by Crippen LogP contribution is -1.97. The van der Waals surface area contributed by atoms with Crippen LogP contribution in [0.15, 0.2) is 48.8 Å². The number of nitrogens with zero attached hydrogens (tertiary/aromatic N) is 2. The lowest BCUT2D eigenvalue weighted by atomic mass is 10.1. The van der Waals surface area contributed by atoms with Gasteiger partial charge < -0.3 is 9.14 Å². The molecule has 0 N–H and O–H groups in total. The number of pyridine rings is 1. The average molecular weight is 273 g/mol. The first-order valence-corrected chi connectivity index (χ1v) is 6.39. The number of imidazole rings is 1. The van der Waals surface area contributed by atoms with E-state index >= 15 is 0 Å². The van der Waals surface area contributed by atoms with E-state index in [9.17, 15) is 0 Å². The van der Waals surface area contributed by atoms with Crippen molar-refractivity contribution in [3.8, 4) is 5.75 Å². The number of hydrogen-bond acceptors (Lipinski definition) is 2. The molecule has 0 fully saturated rings. The van der Waals surface area contributed by atoms with Gasteiger partial charge in [-0.3, -0.25) is 0 Å². The monoisotopic (exact) mass is 272 g/mol. The van der Waals surface area contributed by atoms with E-state index in [0.29, 0.717) is 6.42 Å². The molecular formula is C15H13ClN2O. The summed E-state index contributed by atoms with van der Waals surface area (Å²) in [5, 5.41) is 0.771. The van der Waals surface area contributed by atoms with Gasteiger partial charge in [-0.25, -0.2) is 4.98 Å². The van der Waals surface area contributed by atoms with Crippen LogP contribution < -0.4 is 4.74 Å². The molecule has 0 unspecified atom stereocenters. The van der Waals surface area contributed by atoms with E-state index in [1.165, 1.54) is 0 Å². The molecule has 3 aromatic rings. The van der Waals surface area contributed by atoms with Crippen molar-refractivity contribution in [1.82, 2.24) is 9.38 Å². The predicted octanol–water partition coefficient (Wildman–Crippen LogP) is 3.59. The van der Waals surface area contributed by atoms with Gasteiger partial charge in [-0.2, -0.15) is 0 Å². The third-order valence-corrected chi connectivity index (χ3v) is 3.49. The molecule has 96 valence electrons. The Hall–Kier alpha value is -2.00. The van der Waals surface area contributed by atoms with Crippen LogP contribution in [-0.2, 0) is 6.42 Å². The van der Waals surface area contributed by atoms with Gasteiger partial charge in [0.2, 0.25) is 0 Å². The molecule has 0 aliphatic rings. The summed E-state index contributed by atoms with van der Waals surface area (Å²) in [6.45, 7) is 0. The maximum absolute atomic E-state index is 6.18. The molecule has 0 spiro atoms. The SMILES string of the molecule is COc1ccn2c(Cc3ccccc3Cl)ncc2c1. The molecule has 0 saturated carbocycles. The molecule has 4 heteroatoms. The fourth-order valence-electron chi connectivity index (χ4n) is 2.10. The Bertz CT molecular complexity index is 721. The van der Waals surface area contributed by atoms with E-state index in [1.54, 1.807) is 7.11 Å². The van der Waals surface area contributed by atoms with Crippen molar-refractivity contribution >= 4 is 17.1 Å². The van der Waals surface area contributed by atoms with Crippen molar-refractivity contribution in [3.05, 3.63) is 65.2 Å². The quantitative estimate of drug-likeness (QED) is 0.728. The van der Waals surface area contributed by atoms with Crippen LogP contribution in [0.3, 0.4) is 0 Å². The van der Waals surface area contributed by atoms with Gasteiger partial charge in [0.15, 0.2) is 0 Å². The summed E-state index contributed by atoms with van der Waals surface area (Å²) in [7, 11) is 1.66. The average Bonchev–Trinajstić information content (AvgIpc) is 2.83. The first kappa shape index (κ1) is 12.1. The van der Waals surface area contributed by atoms with Crippen molar-refractivity contribution in [2.24, 2.45) is 0 Å². The van der Waals surface area contributed by atoms with Gasteiger partial charge in [-0.1, -0.05) is 29.8 Å². The van der Waals surface area contributed by atoms with Gasteiger partial charge in [0, 0.05) is 23.7 Å². The zero-order valence-corrected chi connectivity index (χ0v) is 11.3. The van der Waals surface area contributed by atoms with Gasteiger partial charge in [0.25, 0.3) is 0 Å². The van der Waals surface area contributed by atoms with Gasteiger partial charge in [-0.05, 0) is 17.7 Å². The third-order valence-electron chi connectivity index (χ3n) is 3.12. The summed E-state index contributed by atoms with van der Waals surface area (Å²) in [6, 6.07) is 11.7. The molecule has 0 atom stereocenters. The number of halogens is 1. The van der Waals surface area contributed by atoms with Crippen molar-refractivity contribution < 1.29 is 4.74 Å². The van der Waals surface area contributed by atoms with E-state index in [2.05, 4.69) is 4.98 Å². The summed E-state index contributed by atoms with van der Waals surface area (Å²) in [5.41, 5.74) is 2.09. The standard InChI is InChI=1S/C15H13ClN2O/c1-19-13-6-7-18-12(9-13)10-17-15(18)8-11-4-2-3-5-14(11)16/h2-7,9-10H,8H2,1H3. The summed E-state index contributed by atoms with van der Waals surface area (Å²) in [5.74, 6) is 1.79. The minimum atomic E-state index is 0.709. The molecule has 0 radical (unpaired) electrons. The summed E-state index contributed by atoms with van der Waals surface area (Å²) in [4.78, 5) is 4.46. The van der Waals surface area contributed by atoms with Crippen molar-refractivity contribution in [2.75, 3.05) is 7.11 Å². The zero-order valence-electron chi connectivity index (χ0n) is 10.5. The van der Waals surface area contributed by atoms with Gasteiger partial charge in [-0.15, -0.1) is 0 Å². The summed E-state index contributed by atoms with van der Waals surface area (Å²) >= 11 is 6.18. The molecule has 19 heavy (non-hydrogen) atoms. The molecular weight excluding hydrogens is 260 g/mol. The first-order chi connectivity index (χ1) is 9.28. The Labute approximate surface area is 116 Å². The molecule has 1 aromatic carbocycles. The fraction of sp³-hybridized carbons (Fsp3) is 0.133. The third kappa shape index (κ3) is 2.29. The lowest BCUT2D eigenvalue weighted by Gasteiger charge is -2.05. The number of benzene rings is 1. The zero-order chi connectivity index (χ0) is 13.2. The van der Waals surface area contributed by atoms with Crippen molar-refractivity contribution in [2.45, 2.75) is 6.42 Å². The fourth-order valence-corrected chi connectivity index (χ4v) is 2.31. The van der Waals surface area contributed by atoms with E-state index in [0.717, 1.165) is 27.7 Å². The molecule has 0 amide bonds. The molecule has 2 aromatic heterocycles. The smallest absolute Gasteiger partial charge is 0.122 e. The van der Waals surface area contributed by atoms with E-state index in [-0.39, 0.29) is 0 Å². The predicted molar refractivity (Wildman–Crippen MR) is 76.0 cm³/mol. The van der Waals surface area contributed by atoms with Crippen LogP contribution in [0, 0.1) is 0 Å². The maximum atomic E-state index is 6.18. The highest BCUT2D eigenvalue weighted by molar-refractivity contribution is 6.31. The Morgan fingerprint density at radius 1 is 1.26 bits per heavy atom. The van der Waals surface area contributed by atoms with Crippen LogP contribution >= 0.6 is 11.6 Å². The highest BCUT2D eigenvalue weighted by Gasteiger charge is 2.07. The maximum Gasteiger partial charge on any atom is 0.122 e. The van der Waals surface area contributed by atoms with Crippen LogP contribution in [0.5, 0.6) is 5.75 Å². The molecule has 0 aliphatic carbocycles. The Balaban J connectivity index is 2.00. The van der Waals surface area contributed by atoms with Crippen molar-refractivity contribution in [3.63, 3.8) is 0 Å². The van der Waals surface area contributed by atoms with Crippen LogP contribution in [0.25, 0.3) is 5.52 Å². The van der Waals surface area contributed by atoms with E-state index in [1.807, 2.05) is 53.2 Å². The normalized spacial score (nSPS) is 10.8. The van der Waals surface area contributed by atoms with Crippen LogP contribution in [0.2, 0.25) is 5.02 Å². The van der Waals surface area contributed by atoms with Gasteiger partial charge in [0.1, 0.15) is 11.6 Å². The highest BCUT2D eigenvalue weighted by atomic mass is 35.5. The molecule has 0 saturated heterocycles. The Morgan fingerprint density at radius 2 is 2.11 bits per heavy atom. The molecule has 0 bridgehead atoms. The van der Waals surface area contributed by atoms with Crippen molar-refractivity contribution in [1.29, 1.82) is 0 Å². The van der Waals surface area contributed by atoms with Crippen LogP contribution in [-0.4, -0.2) is 16.5 Å². The number of methoxy groups -OCH3 is 1. The topological polar surface area (TPSA) is 26.5 Å². The lowest BCUT2D eigenvalue weighted by molar-refractivity contribution is 0.414. The summed E-state index contributed by atoms with van der Waals surface area (Å²) in [6.07, 6.45) is 4.52. The largest absolute Gasteiger partial charge is 0.497 e. The second-order valence-corrected chi connectivity index (χ2v) is 4.71. The molecule has 2 heterocycles. The second kappa shape index (κ2) is 4.94. The first-order valence-electron chi connectivity index (χ1n) is 6.01. The Morgan fingerprint density at radius 3 is 2.89 bits per heavy atom. The minimum absolute atomic E-state index is 0.709. The van der Waals surface area contributed by atoms with E-state index < -0.39 is 0 Å². The number of ether oxygens (including phenoxy) is 1. The van der Waals surface area contributed by atoms with Crippen LogP contribution in [0.1, 0.15) is 11.4 Å². The summed E-state index contributed by atoms with van der Waals surface area (Å²) < 4.78 is 7.25. The van der Waals surface area contributed by atoms with E-state index in [4.69, 9.17) is 16.3 Å². The molecule has 3 nitrogen and oxygen atoms in total. The van der Waals surface area contributed by atoms with Gasteiger partial charge >= 0.3 is 0 Å². The molecule has 3 rings (SSSR count). The van der Waals surface area contributed by atoms with Crippen LogP contribution in [0.4, 0.5) is 0 Å². The number of fused-ring (bicyclic) bond motifs is 1.